The summed E-state index contributed by atoms with van der Waals surface area (Å²) in [5, 5.41) is 18.5. The van der Waals surface area contributed by atoms with Gasteiger partial charge in [-0.25, -0.2) is 13.6 Å². The minimum absolute atomic E-state index is 0.0335. The van der Waals surface area contributed by atoms with E-state index in [1.54, 1.807) is 0 Å². The molecule has 1 amide bonds. The highest BCUT2D eigenvalue weighted by Crippen LogP contribution is 2.46. The Morgan fingerprint density at radius 3 is 2.27 bits per heavy atom. The van der Waals surface area contributed by atoms with Gasteiger partial charge in [0.25, 0.3) is 5.91 Å². The summed E-state index contributed by atoms with van der Waals surface area (Å²) in [6, 6.07) is 7.71. The maximum Gasteiger partial charge on any atom is 0.261 e. The zero-order valence-corrected chi connectivity index (χ0v) is 15.3. The number of primary sulfonamides is 1. The van der Waals surface area contributed by atoms with Crippen LogP contribution in [0.15, 0.2) is 41.3 Å². The second kappa shape index (κ2) is 6.33. The van der Waals surface area contributed by atoms with Crippen LogP contribution in [-0.2, 0) is 20.4 Å². The number of rotatable bonds is 4. The van der Waals surface area contributed by atoms with E-state index in [1.807, 2.05) is 0 Å². The molecule has 0 spiro atoms. The summed E-state index contributed by atoms with van der Waals surface area (Å²) < 4.78 is 22.5. The number of carbonyl (C=O) groups excluding carboxylic acids is 2. The molecule has 2 aromatic rings. The average molecular weight is 415 g/mol. The lowest BCUT2D eigenvalue weighted by molar-refractivity contribution is -0.133. The Morgan fingerprint density at radius 2 is 1.69 bits per heavy atom. The van der Waals surface area contributed by atoms with Crippen molar-refractivity contribution >= 4 is 50.6 Å². The van der Waals surface area contributed by atoms with E-state index in [0.29, 0.717) is 0 Å². The van der Waals surface area contributed by atoms with Gasteiger partial charge in [-0.2, -0.15) is 0 Å². The van der Waals surface area contributed by atoms with E-state index >= 15 is 0 Å². The molecule has 0 aromatic heterocycles. The summed E-state index contributed by atoms with van der Waals surface area (Å²) in [5.74, 6) is -1.41. The van der Waals surface area contributed by atoms with E-state index in [1.165, 1.54) is 36.4 Å². The van der Waals surface area contributed by atoms with Crippen LogP contribution in [0.5, 0.6) is 0 Å². The lowest BCUT2D eigenvalue weighted by Gasteiger charge is -2.21. The number of carbonyl (C=O) groups is 2. The number of anilines is 1. The molecule has 1 aliphatic rings. The zero-order chi connectivity index (χ0) is 19.3. The first-order chi connectivity index (χ1) is 12.0. The van der Waals surface area contributed by atoms with Crippen molar-refractivity contribution in [3.8, 4) is 0 Å². The molecular weight excluding hydrogens is 403 g/mol. The van der Waals surface area contributed by atoms with Gasteiger partial charge >= 0.3 is 0 Å². The Morgan fingerprint density at radius 1 is 1.12 bits per heavy atom. The fourth-order valence-electron chi connectivity index (χ4n) is 2.74. The Hall–Kier alpha value is -1.97. The number of fused-ring (bicyclic) bond motifs is 1. The van der Waals surface area contributed by atoms with Gasteiger partial charge in [-0.05, 0) is 24.3 Å². The molecule has 1 heterocycles. The molecule has 7 nitrogen and oxygen atoms in total. The Bertz CT molecular complexity index is 1040. The molecule has 26 heavy (non-hydrogen) atoms. The molecule has 136 valence electrons. The van der Waals surface area contributed by atoms with Gasteiger partial charge in [0.1, 0.15) is 0 Å². The van der Waals surface area contributed by atoms with Crippen LogP contribution in [0.2, 0.25) is 10.0 Å². The standard InChI is InChI=1S/C16H12Cl2N2O5S/c17-10-5-6-11(18)14-13(10)16(23,15(22)20-14)7-12(21)8-1-3-9(4-2-8)26(19,24)25/h1-6,23H,7H2,(H,20,22)(H2,19,24,25). The second-order valence-electron chi connectivity index (χ2n) is 5.76. The summed E-state index contributed by atoms with van der Waals surface area (Å²) in [4.78, 5) is 24.6. The van der Waals surface area contributed by atoms with Crippen LogP contribution in [0.4, 0.5) is 5.69 Å². The maximum atomic E-state index is 12.5. The minimum atomic E-state index is -3.90. The summed E-state index contributed by atoms with van der Waals surface area (Å²) in [5.41, 5.74) is -1.90. The van der Waals surface area contributed by atoms with Gasteiger partial charge in [0.05, 0.1) is 22.0 Å². The Balaban J connectivity index is 1.95. The van der Waals surface area contributed by atoms with Crippen LogP contribution in [0.3, 0.4) is 0 Å². The van der Waals surface area contributed by atoms with Crippen molar-refractivity contribution in [2.45, 2.75) is 16.9 Å². The predicted octanol–water partition coefficient (Wildman–Crippen LogP) is 2.05. The normalized spacial score (nSPS) is 19.2. The van der Waals surface area contributed by atoms with E-state index < -0.39 is 33.7 Å². The lowest BCUT2D eigenvalue weighted by Crippen LogP contribution is -2.36. The maximum absolute atomic E-state index is 12.5. The highest BCUT2D eigenvalue weighted by Gasteiger charge is 2.49. The number of amides is 1. The lowest BCUT2D eigenvalue weighted by atomic mass is 9.88. The van der Waals surface area contributed by atoms with Crippen molar-refractivity contribution in [2.24, 2.45) is 5.14 Å². The summed E-state index contributed by atoms with van der Waals surface area (Å²) in [6.45, 7) is 0. The molecule has 0 fully saturated rings. The molecule has 4 N–H and O–H groups in total. The van der Waals surface area contributed by atoms with Crippen LogP contribution in [0.25, 0.3) is 0 Å². The molecule has 10 heteroatoms. The fourth-order valence-corrected chi connectivity index (χ4v) is 3.78. The molecule has 1 unspecified atom stereocenters. The number of benzene rings is 2. The number of Topliss-reactive ketones (excluding diaryl/α,β-unsaturated/α-hetero) is 1. The SMILES string of the molecule is NS(=O)(=O)c1ccc(C(=O)CC2(O)C(=O)Nc3c(Cl)ccc(Cl)c32)cc1. The summed E-state index contributed by atoms with van der Waals surface area (Å²) in [7, 11) is -3.90. The van der Waals surface area contributed by atoms with E-state index in [-0.39, 0.29) is 31.8 Å². The molecular formula is C16H12Cl2N2O5S. The first kappa shape index (κ1) is 18.8. The minimum Gasteiger partial charge on any atom is -0.375 e. The highest BCUT2D eigenvalue weighted by molar-refractivity contribution is 7.89. The molecule has 1 atom stereocenters. The fraction of sp³-hybridized carbons (Fsp3) is 0.125. The molecule has 3 rings (SSSR count). The zero-order valence-electron chi connectivity index (χ0n) is 13.0. The van der Waals surface area contributed by atoms with Gasteiger partial charge in [-0.15, -0.1) is 0 Å². The van der Waals surface area contributed by atoms with Crippen molar-refractivity contribution in [1.29, 1.82) is 0 Å². The Kier molecular flexibility index (Phi) is 4.58. The smallest absolute Gasteiger partial charge is 0.261 e. The summed E-state index contributed by atoms with van der Waals surface area (Å²) in [6.07, 6.45) is -0.597. The third-order valence-corrected chi connectivity index (χ3v) is 5.61. The van der Waals surface area contributed by atoms with E-state index in [9.17, 15) is 23.1 Å². The highest BCUT2D eigenvalue weighted by atomic mass is 35.5. The first-order valence-corrected chi connectivity index (χ1v) is 9.52. The second-order valence-corrected chi connectivity index (χ2v) is 8.14. The largest absolute Gasteiger partial charge is 0.375 e. The van der Waals surface area contributed by atoms with E-state index in [4.69, 9.17) is 28.3 Å². The van der Waals surface area contributed by atoms with Crippen LogP contribution in [0, 0.1) is 0 Å². The number of hydrogen-bond donors (Lipinski definition) is 3. The third-order valence-electron chi connectivity index (χ3n) is 4.05. The quantitative estimate of drug-likeness (QED) is 0.659. The van der Waals surface area contributed by atoms with Gasteiger partial charge in [0.2, 0.25) is 10.0 Å². The van der Waals surface area contributed by atoms with Crippen molar-refractivity contribution in [3.05, 3.63) is 57.6 Å². The van der Waals surface area contributed by atoms with E-state index in [0.717, 1.165) is 0 Å². The average Bonchev–Trinajstić information content (AvgIpc) is 2.83. The van der Waals surface area contributed by atoms with Crippen LogP contribution in [0.1, 0.15) is 22.3 Å². The van der Waals surface area contributed by atoms with Crippen LogP contribution < -0.4 is 10.5 Å². The number of sulfonamides is 1. The van der Waals surface area contributed by atoms with E-state index in [2.05, 4.69) is 5.32 Å². The topological polar surface area (TPSA) is 127 Å². The van der Waals surface area contributed by atoms with Crippen molar-refractivity contribution in [3.63, 3.8) is 0 Å². The molecule has 0 radical (unpaired) electrons. The molecule has 0 saturated heterocycles. The molecule has 2 aromatic carbocycles. The van der Waals surface area contributed by atoms with Crippen molar-refractivity contribution < 1.29 is 23.1 Å². The number of aliphatic hydroxyl groups is 1. The number of ketones is 1. The van der Waals surface area contributed by atoms with Gasteiger partial charge in [-0.1, -0.05) is 35.3 Å². The predicted molar refractivity (Wildman–Crippen MR) is 95.8 cm³/mol. The molecule has 0 bridgehead atoms. The number of nitrogens with two attached hydrogens (primary N) is 1. The molecule has 0 aliphatic carbocycles. The number of hydrogen-bond acceptors (Lipinski definition) is 5. The Labute approximate surface area is 158 Å². The molecule has 1 aliphatic heterocycles. The van der Waals surface area contributed by atoms with Crippen LogP contribution >= 0.6 is 23.2 Å². The molecule has 0 saturated carbocycles. The number of nitrogens with one attached hydrogen (secondary N) is 1. The first-order valence-electron chi connectivity index (χ1n) is 7.22. The van der Waals surface area contributed by atoms with Gasteiger partial charge in [0, 0.05) is 16.1 Å². The monoisotopic (exact) mass is 414 g/mol. The van der Waals surface area contributed by atoms with Crippen molar-refractivity contribution in [1.82, 2.24) is 0 Å². The summed E-state index contributed by atoms with van der Waals surface area (Å²) >= 11 is 12.1. The van der Waals surface area contributed by atoms with Gasteiger partial charge < -0.3 is 10.4 Å². The van der Waals surface area contributed by atoms with Gasteiger partial charge in [-0.3, -0.25) is 9.59 Å². The van der Waals surface area contributed by atoms with Gasteiger partial charge in [0.15, 0.2) is 11.4 Å². The van der Waals surface area contributed by atoms with Crippen molar-refractivity contribution in [2.75, 3.05) is 5.32 Å². The van der Waals surface area contributed by atoms with Crippen LogP contribution in [-0.4, -0.2) is 25.2 Å². The third kappa shape index (κ3) is 3.10. The number of halogens is 2.